The van der Waals surface area contributed by atoms with E-state index in [1.807, 2.05) is 0 Å². The van der Waals surface area contributed by atoms with Crippen LogP contribution < -0.4 is 10.1 Å². The highest BCUT2D eigenvalue weighted by Crippen LogP contribution is 2.29. The molecule has 0 aliphatic rings. The molecule has 0 spiro atoms. The maximum Gasteiger partial charge on any atom is 0.327 e. The molecule has 1 rings (SSSR count). The molecule has 0 bridgehead atoms. The van der Waals surface area contributed by atoms with E-state index >= 15 is 0 Å². The molecule has 21 heavy (non-hydrogen) atoms. The van der Waals surface area contributed by atoms with Crippen LogP contribution in [0.5, 0.6) is 5.88 Å². The average Bonchev–Trinajstić information content (AvgIpc) is 2.42. The first kappa shape index (κ1) is 16.7. The number of methoxy groups -OCH3 is 1. The molecule has 0 aromatic carbocycles. The molecule has 10 heteroatoms. The topological polar surface area (TPSA) is 132 Å². The minimum atomic E-state index is -1.23. The first-order valence-corrected chi connectivity index (χ1v) is 6.65. The average molecular weight is 315 g/mol. The Morgan fingerprint density at radius 2 is 2.24 bits per heavy atom. The molecule has 0 fully saturated rings. The van der Waals surface area contributed by atoms with Crippen LogP contribution in [0.3, 0.4) is 0 Å². The van der Waals surface area contributed by atoms with Crippen LogP contribution in [0.4, 0.5) is 5.69 Å². The zero-order valence-electron chi connectivity index (χ0n) is 11.2. The Morgan fingerprint density at radius 3 is 2.71 bits per heavy atom. The number of carbonyl (C=O) groups excluding carboxylic acids is 1. The number of pyridine rings is 1. The molecular formula is C11H13N3O6S. The number of ether oxygens (including phenoxy) is 1. The second kappa shape index (κ2) is 7.43. The number of nitrogens with one attached hydrogen (secondary N) is 1. The van der Waals surface area contributed by atoms with E-state index in [1.54, 1.807) is 0 Å². The maximum absolute atomic E-state index is 11.0. The van der Waals surface area contributed by atoms with Crippen molar-refractivity contribution in [3.05, 3.63) is 22.2 Å². The minimum absolute atomic E-state index is 0.0240. The van der Waals surface area contributed by atoms with Crippen LogP contribution >= 0.6 is 11.8 Å². The Labute approximate surface area is 123 Å². The van der Waals surface area contributed by atoms with Gasteiger partial charge >= 0.3 is 11.7 Å². The van der Waals surface area contributed by atoms with E-state index in [0.717, 1.165) is 11.8 Å². The van der Waals surface area contributed by atoms with Crippen molar-refractivity contribution in [1.82, 2.24) is 10.3 Å². The number of carboxylic acid groups (broad SMARTS) is 1. The monoisotopic (exact) mass is 315 g/mol. The maximum atomic E-state index is 11.0. The van der Waals surface area contributed by atoms with Crippen molar-refractivity contribution < 1.29 is 24.4 Å². The van der Waals surface area contributed by atoms with Crippen molar-refractivity contribution in [2.45, 2.75) is 18.0 Å². The van der Waals surface area contributed by atoms with Gasteiger partial charge in [-0.05, 0) is 0 Å². The standard InChI is InChI=1S/C11H13N3O6S/c1-6(15)12-7(11(16)17)5-21-10-8(14(18)19)3-4-9(13-10)20-2/h3-4,7H,5H2,1-2H3,(H,12,15)(H,16,17)/t7-/m0/s1. The lowest BCUT2D eigenvalue weighted by Gasteiger charge is -2.12. The van der Waals surface area contributed by atoms with Gasteiger partial charge in [-0.25, -0.2) is 4.79 Å². The van der Waals surface area contributed by atoms with Gasteiger partial charge in [-0.2, -0.15) is 4.98 Å². The second-order valence-corrected chi connectivity index (χ2v) is 4.85. The van der Waals surface area contributed by atoms with Crippen LogP contribution in [0.1, 0.15) is 6.92 Å². The third kappa shape index (κ3) is 4.91. The predicted octanol–water partition coefficient (Wildman–Crippen LogP) is 0.680. The number of carboxylic acids is 1. The molecule has 0 unspecified atom stereocenters. The van der Waals surface area contributed by atoms with Gasteiger partial charge in [0.1, 0.15) is 6.04 Å². The molecule has 1 heterocycles. The van der Waals surface area contributed by atoms with E-state index in [4.69, 9.17) is 9.84 Å². The van der Waals surface area contributed by atoms with Gasteiger partial charge in [-0.3, -0.25) is 14.9 Å². The lowest BCUT2D eigenvalue weighted by molar-refractivity contribution is -0.388. The van der Waals surface area contributed by atoms with Crippen molar-refractivity contribution in [3.63, 3.8) is 0 Å². The molecular weight excluding hydrogens is 302 g/mol. The molecule has 114 valence electrons. The summed E-state index contributed by atoms with van der Waals surface area (Å²) in [7, 11) is 1.36. The Morgan fingerprint density at radius 1 is 1.57 bits per heavy atom. The second-order valence-electron chi connectivity index (χ2n) is 3.84. The smallest absolute Gasteiger partial charge is 0.327 e. The summed E-state index contributed by atoms with van der Waals surface area (Å²) in [5.41, 5.74) is -0.257. The van der Waals surface area contributed by atoms with E-state index in [0.29, 0.717) is 0 Å². The number of thioether (sulfide) groups is 1. The van der Waals surface area contributed by atoms with E-state index in [1.165, 1.54) is 26.2 Å². The number of nitrogens with zero attached hydrogens (tertiary/aromatic N) is 2. The van der Waals surface area contributed by atoms with Gasteiger partial charge in [0.25, 0.3) is 0 Å². The number of aromatic nitrogens is 1. The van der Waals surface area contributed by atoms with Crippen LogP contribution in [-0.2, 0) is 9.59 Å². The largest absolute Gasteiger partial charge is 0.481 e. The zero-order valence-corrected chi connectivity index (χ0v) is 12.0. The van der Waals surface area contributed by atoms with Gasteiger partial charge in [0.2, 0.25) is 11.8 Å². The summed E-state index contributed by atoms with van der Waals surface area (Å²) >= 11 is 0.855. The third-order valence-corrected chi connectivity index (χ3v) is 3.36. The molecule has 0 saturated heterocycles. The highest BCUT2D eigenvalue weighted by molar-refractivity contribution is 7.99. The van der Waals surface area contributed by atoms with Crippen molar-refractivity contribution in [1.29, 1.82) is 0 Å². The first-order valence-electron chi connectivity index (χ1n) is 5.67. The Bertz CT molecular complexity index is 565. The van der Waals surface area contributed by atoms with Crippen molar-refractivity contribution in [2.24, 2.45) is 0 Å². The number of amides is 1. The van der Waals surface area contributed by atoms with Gasteiger partial charge in [0.15, 0.2) is 5.03 Å². The van der Waals surface area contributed by atoms with Crippen LogP contribution in [0.2, 0.25) is 0 Å². The third-order valence-electron chi connectivity index (χ3n) is 2.28. The summed E-state index contributed by atoms with van der Waals surface area (Å²) in [6, 6.07) is 1.40. The fraction of sp³-hybridized carbons (Fsp3) is 0.364. The first-order chi connectivity index (χ1) is 9.85. The number of hydrogen-bond acceptors (Lipinski definition) is 7. The fourth-order valence-electron chi connectivity index (χ4n) is 1.36. The van der Waals surface area contributed by atoms with Crippen molar-refractivity contribution in [3.8, 4) is 5.88 Å². The molecule has 1 atom stereocenters. The number of rotatable bonds is 7. The van der Waals surface area contributed by atoms with Crippen molar-refractivity contribution in [2.75, 3.05) is 12.9 Å². The molecule has 2 N–H and O–H groups in total. The Hall–Kier alpha value is -2.36. The summed E-state index contributed by atoms with van der Waals surface area (Å²) in [5.74, 6) is -1.66. The number of carbonyl (C=O) groups is 2. The van der Waals surface area contributed by atoms with E-state index in [9.17, 15) is 19.7 Å². The lowest BCUT2D eigenvalue weighted by atomic mass is 10.3. The normalized spacial score (nSPS) is 11.5. The predicted molar refractivity (Wildman–Crippen MR) is 73.4 cm³/mol. The SMILES string of the molecule is COc1ccc([N+](=O)[O-])c(SC[C@H](NC(C)=O)C(=O)O)n1. The molecule has 9 nitrogen and oxygen atoms in total. The quantitative estimate of drug-likeness (QED) is 0.426. The van der Waals surface area contributed by atoms with Crippen LogP contribution in [0.25, 0.3) is 0 Å². The number of hydrogen-bond donors (Lipinski definition) is 2. The van der Waals surface area contributed by atoms with Gasteiger partial charge in [-0.1, -0.05) is 11.8 Å². The summed E-state index contributed by atoms with van der Waals surface area (Å²) in [5, 5.41) is 22.1. The van der Waals surface area contributed by atoms with Gasteiger partial charge in [-0.15, -0.1) is 0 Å². The molecule has 0 aliphatic heterocycles. The number of nitro groups is 1. The summed E-state index contributed by atoms with van der Waals surface area (Å²) in [6.45, 7) is 1.19. The van der Waals surface area contributed by atoms with E-state index in [-0.39, 0.29) is 22.3 Å². The molecule has 0 aliphatic carbocycles. The van der Waals surface area contributed by atoms with Crippen LogP contribution in [0.15, 0.2) is 17.2 Å². The zero-order chi connectivity index (χ0) is 16.0. The summed E-state index contributed by atoms with van der Waals surface area (Å²) < 4.78 is 4.88. The summed E-state index contributed by atoms with van der Waals surface area (Å²) in [4.78, 5) is 36.1. The molecule has 1 aromatic heterocycles. The highest BCUT2D eigenvalue weighted by Gasteiger charge is 2.23. The van der Waals surface area contributed by atoms with Crippen LogP contribution in [0, 0.1) is 10.1 Å². The molecule has 1 amide bonds. The number of aliphatic carboxylic acids is 1. The van der Waals surface area contributed by atoms with Gasteiger partial charge in [0, 0.05) is 24.8 Å². The minimum Gasteiger partial charge on any atom is -0.481 e. The van der Waals surface area contributed by atoms with Gasteiger partial charge in [0.05, 0.1) is 12.0 Å². The van der Waals surface area contributed by atoms with E-state index in [2.05, 4.69) is 10.3 Å². The molecule has 0 radical (unpaired) electrons. The fourth-order valence-corrected chi connectivity index (χ4v) is 2.35. The lowest BCUT2D eigenvalue weighted by Crippen LogP contribution is -2.41. The summed E-state index contributed by atoms with van der Waals surface area (Å²) in [6.07, 6.45) is 0. The molecule has 0 saturated carbocycles. The molecule has 1 aromatic rings. The van der Waals surface area contributed by atoms with Crippen LogP contribution in [-0.4, -0.2) is 45.8 Å². The Balaban J connectivity index is 2.92. The Kier molecular flexibility index (Phi) is 5.91. The van der Waals surface area contributed by atoms with Gasteiger partial charge < -0.3 is 15.2 Å². The van der Waals surface area contributed by atoms with Crippen molar-refractivity contribution >= 4 is 29.3 Å². The van der Waals surface area contributed by atoms with E-state index < -0.39 is 22.8 Å². The highest BCUT2D eigenvalue weighted by atomic mass is 32.2.